The molecule has 0 bridgehead atoms. The highest BCUT2D eigenvalue weighted by molar-refractivity contribution is 6.35. The molecule has 2 aromatic rings. The monoisotopic (exact) mass is 436 g/mol. The van der Waals surface area contributed by atoms with Gasteiger partial charge in [0.25, 0.3) is 0 Å². The number of methoxy groups -OCH3 is 1. The number of halogens is 2. The van der Waals surface area contributed by atoms with E-state index in [1.807, 2.05) is 0 Å². The van der Waals surface area contributed by atoms with E-state index in [-0.39, 0.29) is 19.1 Å². The molecule has 1 unspecified atom stereocenters. The molecule has 2 aromatic carbocycles. The molecule has 0 aromatic heterocycles. The molecule has 0 spiro atoms. The van der Waals surface area contributed by atoms with Gasteiger partial charge in [-0.15, -0.1) is 0 Å². The van der Waals surface area contributed by atoms with Gasteiger partial charge in [0.05, 0.1) is 18.2 Å². The van der Waals surface area contributed by atoms with Crippen molar-refractivity contribution < 1.29 is 24.1 Å². The van der Waals surface area contributed by atoms with Gasteiger partial charge in [-0.05, 0) is 49.7 Å². The Balaban J connectivity index is 2.11. The summed E-state index contributed by atoms with van der Waals surface area (Å²) in [4.78, 5) is 11.4. The zero-order chi connectivity index (χ0) is 21.4. The fraction of sp³-hybridized carbons (Fsp3) is 0.318. The Hall–Kier alpha value is -2.39. The van der Waals surface area contributed by atoms with Crippen molar-refractivity contribution in [2.45, 2.75) is 32.5 Å². The van der Waals surface area contributed by atoms with Gasteiger partial charge < -0.3 is 19.3 Å². The molecule has 0 amide bonds. The summed E-state index contributed by atoms with van der Waals surface area (Å²) in [5.41, 5.74) is 1.40. The molecule has 0 saturated heterocycles. The van der Waals surface area contributed by atoms with Gasteiger partial charge in [0.1, 0.15) is 6.61 Å². The van der Waals surface area contributed by atoms with Crippen LogP contribution in [-0.2, 0) is 16.0 Å². The number of aliphatic carboxylic acids is 1. The normalized spacial score (nSPS) is 11.5. The molecular formula is C22H22Cl2O5. The third-order valence-corrected chi connectivity index (χ3v) is 4.36. The molecule has 0 fully saturated rings. The van der Waals surface area contributed by atoms with Crippen LogP contribution >= 0.6 is 23.2 Å². The molecule has 0 heterocycles. The van der Waals surface area contributed by atoms with Crippen LogP contribution in [0.25, 0.3) is 0 Å². The van der Waals surface area contributed by atoms with Gasteiger partial charge in [0, 0.05) is 17.0 Å². The highest BCUT2D eigenvalue weighted by Gasteiger charge is 2.21. The Morgan fingerprint density at radius 2 is 1.90 bits per heavy atom. The molecule has 0 aliphatic heterocycles. The molecule has 0 radical (unpaired) electrons. The zero-order valence-corrected chi connectivity index (χ0v) is 17.9. The van der Waals surface area contributed by atoms with Crippen LogP contribution in [0.5, 0.6) is 11.5 Å². The van der Waals surface area contributed by atoms with E-state index in [1.54, 1.807) is 50.2 Å². The predicted octanol–water partition coefficient (Wildman–Crippen LogP) is 4.85. The average Bonchev–Trinajstić information content (AvgIpc) is 2.66. The Labute approximate surface area is 180 Å². The number of benzene rings is 2. The molecule has 29 heavy (non-hydrogen) atoms. The molecule has 5 nitrogen and oxygen atoms in total. The average molecular weight is 437 g/mol. The molecule has 0 aliphatic carbocycles. The Morgan fingerprint density at radius 1 is 1.14 bits per heavy atom. The van der Waals surface area contributed by atoms with Gasteiger partial charge in [-0.1, -0.05) is 41.1 Å². The molecule has 1 atom stereocenters. The van der Waals surface area contributed by atoms with E-state index in [2.05, 4.69) is 11.8 Å². The topological polar surface area (TPSA) is 65.0 Å². The van der Waals surface area contributed by atoms with E-state index < -0.39 is 12.1 Å². The Bertz CT molecular complexity index is 915. The van der Waals surface area contributed by atoms with E-state index in [4.69, 9.17) is 37.4 Å². The van der Waals surface area contributed by atoms with Crippen LogP contribution in [-0.4, -0.2) is 37.0 Å². The lowest BCUT2D eigenvalue weighted by Crippen LogP contribution is -2.29. The summed E-state index contributed by atoms with van der Waals surface area (Å²) in [6.45, 7) is 3.69. The molecular weight excluding hydrogens is 415 g/mol. The minimum Gasteiger partial charge on any atom is -0.493 e. The number of carbonyl (C=O) groups is 1. The van der Waals surface area contributed by atoms with Gasteiger partial charge in [-0.2, -0.15) is 0 Å². The van der Waals surface area contributed by atoms with E-state index in [0.717, 1.165) is 5.56 Å². The molecule has 7 heteroatoms. The summed E-state index contributed by atoms with van der Waals surface area (Å²) in [7, 11) is 1.53. The third-order valence-electron chi connectivity index (χ3n) is 3.82. The van der Waals surface area contributed by atoms with Crippen LogP contribution in [0.3, 0.4) is 0 Å². The van der Waals surface area contributed by atoms with Crippen molar-refractivity contribution in [1.82, 2.24) is 0 Å². The Kier molecular flexibility index (Phi) is 8.66. The summed E-state index contributed by atoms with van der Waals surface area (Å²) in [5, 5.41) is 10.4. The van der Waals surface area contributed by atoms with Crippen molar-refractivity contribution in [3.05, 3.63) is 57.6 Å². The fourth-order valence-corrected chi connectivity index (χ4v) is 2.99. The Morgan fingerprint density at radius 3 is 2.52 bits per heavy atom. The predicted molar refractivity (Wildman–Crippen MR) is 113 cm³/mol. The first kappa shape index (κ1) is 22.9. The van der Waals surface area contributed by atoms with E-state index >= 15 is 0 Å². The smallest absolute Gasteiger partial charge is 0.333 e. The first-order valence-electron chi connectivity index (χ1n) is 8.92. The minimum atomic E-state index is -1.01. The van der Waals surface area contributed by atoms with Crippen LogP contribution in [0.15, 0.2) is 36.4 Å². The van der Waals surface area contributed by atoms with Crippen molar-refractivity contribution in [3.63, 3.8) is 0 Å². The lowest BCUT2D eigenvalue weighted by atomic mass is 10.1. The number of carboxylic acid groups (broad SMARTS) is 1. The van der Waals surface area contributed by atoms with Gasteiger partial charge in [-0.25, -0.2) is 4.79 Å². The van der Waals surface area contributed by atoms with E-state index in [1.165, 1.54) is 7.11 Å². The number of rotatable bonds is 8. The van der Waals surface area contributed by atoms with E-state index in [9.17, 15) is 9.90 Å². The second-order valence-corrected chi connectivity index (χ2v) is 7.26. The molecule has 154 valence electrons. The zero-order valence-electron chi connectivity index (χ0n) is 16.4. The van der Waals surface area contributed by atoms with Crippen molar-refractivity contribution in [1.29, 1.82) is 0 Å². The summed E-state index contributed by atoms with van der Waals surface area (Å²) in [6, 6.07) is 10.3. The van der Waals surface area contributed by atoms with Crippen molar-refractivity contribution in [2.75, 3.05) is 13.7 Å². The lowest BCUT2D eigenvalue weighted by Gasteiger charge is -2.17. The lowest BCUT2D eigenvalue weighted by molar-refractivity contribution is -0.153. The number of ether oxygens (including phenoxy) is 3. The van der Waals surface area contributed by atoms with Gasteiger partial charge in [0.15, 0.2) is 17.6 Å². The summed E-state index contributed by atoms with van der Waals surface area (Å²) in [6.07, 6.45) is -0.928. The third kappa shape index (κ3) is 7.17. The van der Waals surface area contributed by atoms with Crippen molar-refractivity contribution in [2.24, 2.45) is 0 Å². The van der Waals surface area contributed by atoms with Crippen LogP contribution in [0.4, 0.5) is 0 Å². The van der Waals surface area contributed by atoms with Gasteiger partial charge >= 0.3 is 5.97 Å². The second kappa shape index (κ2) is 11.0. The van der Waals surface area contributed by atoms with E-state index in [0.29, 0.717) is 27.1 Å². The number of hydrogen-bond acceptors (Lipinski definition) is 4. The fourth-order valence-electron chi connectivity index (χ4n) is 2.53. The van der Waals surface area contributed by atoms with Crippen LogP contribution in [0.2, 0.25) is 10.0 Å². The maximum Gasteiger partial charge on any atom is 0.333 e. The maximum absolute atomic E-state index is 11.4. The standard InChI is InChI=1S/C22H22Cl2O5/c1-14(2)29-21(22(25)26)12-15-6-9-19(27-3)20(11-15)28-10-4-5-16-7-8-17(23)13-18(16)24/h6-9,11,13-14,21H,10,12H2,1-3H3,(H,25,26). The molecule has 0 saturated carbocycles. The quantitative estimate of drug-likeness (QED) is 0.598. The van der Waals surface area contributed by atoms with Gasteiger partial charge in [-0.3, -0.25) is 0 Å². The van der Waals surface area contributed by atoms with Crippen LogP contribution in [0.1, 0.15) is 25.0 Å². The first-order chi connectivity index (χ1) is 13.8. The van der Waals surface area contributed by atoms with Crippen molar-refractivity contribution in [3.8, 4) is 23.3 Å². The number of hydrogen-bond donors (Lipinski definition) is 1. The summed E-state index contributed by atoms with van der Waals surface area (Å²) in [5.74, 6) is 5.80. The van der Waals surface area contributed by atoms with Crippen molar-refractivity contribution >= 4 is 29.2 Å². The maximum atomic E-state index is 11.4. The second-order valence-electron chi connectivity index (χ2n) is 6.42. The highest BCUT2D eigenvalue weighted by atomic mass is 35.5. The van der Waals surface area contributed by atoms with Gasteiger partial charge in [0.2, 0.25) is 0 Å². The largest absolute Gasteiger partial charge is 0.493 e. The molecule has 0 aliphatic rings. The SMILES string of the molecule is COc1ccc(CC(OC(C)C)C(=O)O)cc1OCC#Cc1ccc(Cl)cc1Cl. The molecule has 1 N–H and O–H groups in total. The molecule has 2 rings (SSSR count). The first-order valence-corrected chi connectivity index (χ1v) is 9.67. The minimum absolute atomic E-state index is 0.101. The summed E-state index contributed by atoms with van der Waals surface area (Å²) < 4.78 is 16.5. The van der Waals surface area contributed by atoms with Crippen LogP contribution in [0, 0.1) is 11.8 Å². The highest BCUT2D eigenvalue weighted by Crippen LogP contribution is 2.29. The van der Waals surface area contributed by atoms with Crippen LogP contribution < -0.4 is 9.47 Å². The summed E-state index contributed by atoms with van der Waals surface area (Å²) >= 11 is 12.0. The number of carboxylic acids is 1.